The van der Waals surface area contributed by atoms with Crippen LogP contribution in [0, 0.1) is 0 Å². The number of aliphatic hydroxyl groups is 1. The molecule has 17 heavy (non-hydrogen) atoms. The SMILES string of the molecule is COc1ccnc(CN2CCC(C)(O)CC2)c1. The van der Waals surface area contributed by atoms with Crippen LogP contribution in [0.4, 0.5) is 0 Å². The first-order chi connectivity index (χ1) is 8.09. The van der Waals surface area contributed by atoms with Crippen LogP contribution < -0.4 is 4.74 Å². The maximum Gasteiger partial charge on any atom is 0.122 e. The highest BCUT2D eigenvalue weighted by Gasteiger charge is 2.27. The van der Waals surface area contributed by atoms with E-state index in [1.807, 2.05) is 19.1 Å². The minimum absolute atomic E-state index is 0.488. The molecule has 1 aliphatic heterocycles. The molecule has 1 fully saturated rings. The smallest absolute Gasteiger partial charge is 0.122 e. The van der Waals surface area contributed by atoms with Crippen molar-refractivity contribution in [3.8, 4) is 5.75 Å². The van der Waals surface area contributed by atoms with E-state index >= 15 is 0 Å². The Balaban J connectivity index is 1.93. The lowest BCUT2D eigenvalue weighted by molar-refractivity contribution is -0.00759. The van der Waals surface area contributed by atoms with E-state index in [4.69, 9.17) is 4.74 Å². The molecule has 0 aliphatic carbocycles. The van der Waals surface area contributed by atoms with Gasteiger partial charge in [0.2, 0.25) is 0 Å². The molecule has 0 saturated carbocycles. The van der Waals surface area contributed by atoms with Crippen LogP contribution in [0.5, 0.6) is 5.75 Å². The summed E-state index contributed by atoms with van der Waals surface area (Å²) in [7, 11) is 1.66. The second-order valence-corrected chi connectivity index (χ2v) is 4.96. The maximum absolute atomic E-state index is 9.88. The number of hydrogen-bond acceptors (Lipinski definition) is 4. The summed E-state index contributed by atoms with van der Waals surface area (Å²) in [6, 6.07) is 3.82. The lowest BCUT2D eigenvalue weighted by atomic mass is 9.94. The predicted molar refractivity (Wildman–Crippen MR) is 65.9 cm³/mol. The molecule has 2 heterocycles. The molecule has 0 atom stereocenters. The van der Waals surface area contributed by atoms with Crippen molar-refractivity contribution < 1.29 is 9.84 Å². The van der Waals surface area contributed by atoms with Gasteiger partial charge >= 0.3 is 0 Å². The Morgan fingerprint density at radius 2 is 2.18 bits per heavy atom. The molecule has 0 radical (unpaired) electrons. The predicted octanol–water partition coefficient (Wildman–Crippen LogP) is 1.44. The highest BCUT2D eigenvalue weighted by Crippen LogP contribution is 2.22. The van der Waals surface area contributed by atoms with Crippen LogP contribution in [0.3, 0.4) is 0 Å². The van der Waals surface area contributed by atoms with Gasteiger partial charge in [0, 0.05) is 31.9 Å². The summed E-state index contributed by atoms with van der Waals surface area (Å²) in [5, 5.41) is 9.88. The first-order valence-corrected chi connectivity index (χ1v) is 6.03. The number of pyridine rings is 1. The zero-order valence-corrected chi connectivity index (χ0v) is 10.5. The summed E-state index contributed by atoms with van der Waals surface area (Å²) in [6.07, 6.45) is 3.43. The number of aromatic nitrogens is 1. The van der Waals surface area contributed by atoms with Gasteiger partial charge in [-0.3, -0.25) is 9.88 Å². The van der Waals surface area contributed by atoms with Gasteiger partial charge in [0.1, 0.15) is 5.75 Å². The fraction of sp³-hybridized carbons (Fsp3) is 0.615. The monoisotopic (exact) mass is 236 g/mol. The number of methoxy groups -OCH3 is 1. The van der Waals surface area contributed by atoms with Gasteiger partial charge in [0.05, 0.1) is 18.4 Å². The van der Waals surface area contributed by atoms with Gasteiger partial charge < -0.3 is 9.84 Å². The largest absolute Gasteiger partial charge is 0.497 e. The van der Waals surface area contributed by atoms with E-state index in [2.05, 4.69) is 9.88 Å². The zero-order valence-electron chi connectivity index (χ0n) is 10.5. The maximum atomic E-state index is 9.88. The lowest BCUT2D eigenvalue weighted by Gasteiger charge is -2.35. The summed E-state index contributed by atoms with van der Waals surface area (Å²) in [5.74, 6) is 0.846. The third-order valence-corrected chi connectivity index (χ3v) is 3.34. The van der Waals surface area contributed by atoms with Crippen LogP contribution in [0.1, 0.15) is 25.5 Å². The number of nitrogens with zero attached hydrogens (tertiary/aromatic N) is 2. The molecule has 4 heteroatoms. The van der Waals surface area contributed by atoms with E-state index in [0.717, 1.165) is 43.9 Å². The molecule has 0 spiro atoms. The van der Waals surface area contributed by atoms with Crippen molar-refractivity contribution in [1.82, 2.24) is 9.88 Å². The Bertz CT molecular complexity index is 369. The van der Waals surface area contributed by atoms with Crippen molar-refractivity contribution in [2.24, 2.45) is 0 Å². The van der Waals surface area contributed by atoms with E-state index in [0.29, 0.717) is 0 Å². The van der Waals surface area contributed by atoms with Crippen LogP contribution in [-0.4, -0.2) is 40.8 Å². The average molecular weight is 236 g/mol. The summed E-state index contributed by atoms with van der Waals surface area (Å²) < 4.78 is 5.18. The Morgan fingerprint density at radius 3 is 2.82 bits per heavy atom. The van der Waals surface area contributed by atoms with Gasteiger partial charge in [0.15, 0.2) is 0 Å². The van der Waals surface area contributed by atoms with E-state index in [1.165, 1.54) is 0 Å². The molecule has 4 nitrogen and oxygen atoms in total. The lowest BCUT2D eigenvalue weighted by Crippen LogP contribution is -2.42. The standard InChI is InChI=1S/C13H20N2O2/c1-13(16)4-7-15(8-5-13)10-11-9-12(17-2)3-6-14-11/h3,6,9,16H,4-5,7-8,10H2,1-2H3. The summed E-state index contributed by atoms with van der Waals surface area (Å²) in [6.45, 7) is 4.58. The first-order valence-electron chi connectivity index (χ1n) is 6.03. The van der Waals surface area contributed by atoms with Gasteiger partial charge in [-0.2, -0.15) is 0 Å². The third-order valence-electron chi connectivity index (χ3n) is 3.34. The van der Waals surface area contributed by atoms with E-state index in [1.54, 1.807) is 13.3 Å². The normalized spacial score (nSPS) is 20.2. The fourth-order valence-electron chi connectivity index (χ4n) is 2.09. The number of piperidine rings is 1. The van der Waals surface area contributed by atoms with Crippen LogP contribution in [0.15, 0.2) is 18.3 Å². The van der Waals surface area contributed by atoms with Crippen molar-refractivity contribution in [2.75, 3.05) is 20.2 Å². The van der Waals surface area contributed by atoms with Crippen molar-refractivity contribution in [3.05, 3.63) is 24.0 Å². The molecule has 1 aromatic heterocycles. The Morgan fingerprint density at radius 1 is 1.47 bits per heavy atom. The Kier molecular flexibility index (Phi) is 3.64. The van der Waals surface area contributed by atoms with Gasteiger partial charge in [-0.1, -0.05) is 0 Å². The van der Waals surface area contributed by atoms with Crippen molar-refractivity contribution in [1.29, 1.82) is 0 Å². The van der Waals surface area contributed by atoms with Crippen molar-refractivity contribution in [2.45, 2.75) is 31.9 Å². The summed E-state index contributed by atoms with van der Waals surface area (Å²) >= 11 is 0. The number of ether oxygens (including phenoxy) is 1. The molecule has 0 aromatic carbocycles. The topological polar surface area (TPSA) is 45.6 Å². The average Bonchev–Trinajstić information content (AvgIpc) is 2.32. The Labute approximate surface area is 102 Å². The molecule has 1 N–H and O–H groups in total. The molecule has 0 bridgehead atoms. The molecule has 0 amide bonds. The summed E-state index contributed by atoms with van der Waals surface area (Å²) in [4.78, 5) is 6.65. The van der Waals surface area contributed by atoms with Crippen LogP contribution >= 0.6 is 0 Å². The van der Waals surface area contributed by atoms with Gasteiger partial charge in [-0.15, -0.1) is 0 Å². The third kappa shape index (κ3) is 3.41. The molecule has 1 aliphatic rings. The van der Waals surface area contributed by atoms with Crippen LogP contribution in [0.25, 0.3) is 0 Å². The minimum Gasteiger partial charge on any atom is -0.497 e. The van der Waals surface area contributed by atoms with E-state index < -0.39 is 5.60 Å². The second-order valence-electron chi connectivity index (χ2n) is 4.96. The molecule has 0 unspecified atom stereocenters. The van der Waals surface area contributed by atoms with Crippen LogP contribution in [0.2, 0.25) is 0 Å². The Hall–Kier alpha value is -1.13. The van der Waals surface area contributed by atoms with Crippen molar-refractivity contribution in [3.63, 3.8) is 0 Å². The number of rotatable bonds is 3. The van der Waals surface area contributed by atoms with Gasteiger partial charge in [0.25, 0.3) is 0 Å². The second kappa shape index (κ2) is 5.02. The number of hydrogen-bond donors (Lipinski definition) is 1. The molecule has 1 saturated heterocycles. The highest BCUT2D eigenvalue weighted by molar-refractivity contribution is 5.22. The van der Waals surface area contributed by atoms with Gasteiger partial charge in [-0.25, -0.2) is 0 Å². The highest BCUT2D eigenvalue weighted by atomic mass is 16.5. The van der Waals surface area contributed by atoms with E-state index in [-0.39, 0.29) is 0 Å². The first kappa shape index (κ1) is 12.3. The summed E-state index contributed by atoms with van der Waals surface area (Å²) in [5.41, 5.74) is 0.532. The molecule has 1 aromatic rings. The van der Waals surface area contributed by atoms with Crippen molar-refractivity contribution >= 4 is 0 Å². The minimum atomic E-state index is -0.488. The van der Waals surface area contributed by atoms with Crippen LogP contribution in [-0.2, 0) is 6.54 Å². The molecule has 2 rings (SSSR count). The molecule has 94 valence electrons. The quantitative estimate of drug-likeness (QED) is 0.862. The number of likely N-dealkylation sites (tertiary alicyclic amines) is 1. The van der Waals surface area contributed by atoms with E-state index in [9.17, 15) is 5.11 Å². The molecular formula is C13H20N2O2. The zero-order chi connectivity index (χ0) is 12.3. The molecular weight excluding hydrogens is 216 g/mol. The fourth-order valence-corrected chi connectivity index (χ4v) is 2.09. The van der Waals surface area contributed by atoms with Gasteiger partial charge in [-0.05, 0) is 25.8 Å².